The number of fused-ring (bicyclic) bond motifs is 2. The standard InChI is InChI=1S/C27H24F2N6O4.C22H14F2N4O5/c1-33-6-8-34(9-7-33)27(37)18-3-4-21(24(14-18)35(38)39)26(36)30-25-22-13-16(2-5-23(22)31-32-25)10-17-11-19(28)15-20(29)12-17;23-14-6-12(7-15(24)10-14)5-11-1-4-18-17(8-11)20(27-26-18)25-21(29)16-3-2-13(22(30)31)9-19(16)28(32)33/h2-5,11-15H,6-10H2,1H3,(H2,30,31,32,36);1-4,6-10H,5H2,(H,30,31)(H2,25,26,27,29). The summed E-state index contributed by atoms with van der Waals surface area (Å²) in [7, 11) is 1.95. The molecule has 5 N–H and O–H groups in total. The fourth-order valence-electron chi connectivity index (χ4n) is 7.99. The van der Waals surface area contributed by atoms with Crippen LogP contribution >= 0.6 is 0 Å². The molecule has 3 amide bonds. The van der Waals surface area contributed by atoms with Crippen molar-refractivity contribution in [1.82, 2.24) is 30.2 Å². The molecule has 2 aromatic heterocycles. The third kappa shape index (κ3) is 11.2. The van der Waals surface area contributed by atoms with E-state index in [9.17, 15) is 57.0 Å². The van der Waals surface area contributed by atoms with Crippen LogP contribution in [0.5, 0.6) is 0 Å². The van der Waals surface area contributed by atoms with Crippen molar-refractivity contribution in [3.8, 4) is 0 Å². The molecule has 0 radical (unpaired) electrons. The highest BCUT2D eigenvalue weighted by Gasteiger charge is 2.28. The van der Waals surface area contributed by atoms with Gasteiger partial charge in [0.2, 0.25) is 0 Å². The summed E-state index contributed by atoms with van der Waals surface area (Å²) in [6.45, 7) is 2.42. The van der Waals surface area contributed by atoms with Crippen molar-refractivity contribution in [2.24, 2.45) is 0 Å². The van der Waals surface area contributed by atoms with E-state index >= 15 is 0 Å². The Bertz CT molecular complexity index is 3440. The smallest absolute Gasteiger partial charge is 0.335 e. The van der Waals surface area contributed by atoms with Gasteiger partial charge in [-0.2, -0.15) is 10.2 Å². The van der Waals surface area contributed by atoms with E-state index in [1.807, 2.05) is 7.05 Å². The minimum Gasteiger partial charge on any atom is -0.478 e. The average Bonchev–Trinajstić information content (AvgIpc) is 3.93. The van der Waals surface area contributed by atoms with Gasteiger partial charge >= 0.3 is 5.97 Å². The van der Waals surface area contributed by atoms with Gasteiger partial charge in [-0.05, 0) is 115 Å². The molecule has 1 aliphatic rings. The van der Waals surface area contributed by atoms with Crippen LogP contribution in [0.3, 0.4) is 0 Å². The first kappa shape index (κ1) is 49.1. The number of H-pyrrole nitrogens is 2. The summed E-state index contributed by atoms with van der Waals surface area (Å²) >= 11 is 0. The van der Waals surface area contributed by atoms with Crippen LogP contribution in [-0.2, 0) is 12.8 Å². The summed E-state index contributed by atoms with van der Waals surface area (Å²) in [4.78, 5) is 75.1. The molecule has 0 unspecified atom stereocenters. The number of nitrogens with one attached hydrogen (secondary N) is 4. The zero-order chi connectivity index (χ0) is 51.4. The molecule has 366 valence electrons. The van der Waals surface area contributed by atoms with Gasteiger partial charge < -0.3 is 25.5 Å². The number of carbonyl (C=O) groups excluding carboxylic acids is 3. The normalized spacial score (nSPS) is 12.5. The van der Waals surface area contributed by atoms with E-state index < -0.39 is 62.3 Å². The van der Waals surface area contributed by atoms with E-state index in [1.54, 1.807) is 41.3 Å². The van der Waals surface area contributed by atoms with Crippen molar-refractivity contribution in [3.05, 3.63) is 197 Å². The van der Waals surface area contributed by atoms with Gasteiger partial charge in [-0.25, -0.2) is 22.4 Å². The van der Waals surface area contributed by atoms with Gasteiger partial charge in [0.1, 0.15) is 34.4 Å². The zero-order valence-electron chi connectivity index (χ0n) is 37.5. The third-order valence-electron chi connectivity index (χ3n) is 11.5. The Morgan fingerprint density at radius 2 is 1.00 bits per heavy atom. The van der Waals surface area contributed by atoms with Crippen molar-refractivity contribution < 1.29 is 51.7 Å². The summed E-state index contributed by atoms with van der Waals surface area (Å²) in [6.07, 6.45) is 0.447. The number of halogens is 4. The molecule has 0 atom stereocenters. The van der Waals surface area contributed by atoms with Gasteiger partial charge in [-0.15, -0.1) is 0 Å². The lowest BCUT2D eigenvalue weighted by molar-refractivity contribution is -0.385. The molecular weight excluding hydrogens is 949 g/mol. The van der Waals surface area contributed by atoms with Crippen molar-refractivity contribution in [3.63, 3.8) is 0 Å². The Labute approximate surface area is 403 Å². The second-order valence-electron chi connectivity index (χ2n) is 16.6. The number of nitro benzene ring substituents is 2. The van der Waals surface area contributed by atoms with Gasteiger partial charge in [-0.3, -0.25) is 44.8 Å². The van der Waals surface area contributed by atoms with Crippen LogP contribution in [0.1, 0.15) is 63.7 Å². The number of likely N-dealkylation sites (N-methyl/N-ethyl adjacent to an activating group) is 1. The molecule has 0 bridgehead atoms. The van der Waals surface area contributed by atoms with Crippen molar-refractivity contribution >= 4 is 68.5 Å². The number of hydrogen-bond donors (Lipinski definition) is 5. The summed E-state index contributed by atoms with van der Waals surface area (Å²) < 4.78 is 54.2. The Morgan fingerprint density at radius 3 is 1.42 bits per heavy atom. The minimum atomic E-state index is -1.37. The van der Waals surface area contributed by atoms with Crippen LogP contribution in [0.15, 0.2) is 109 Å². The predicted octanol–water partition coefficient (Wildman–Crippen LogP) is 8.27. The first-order valence-electron chi connectivity index (χ1n) is 21.6. The molecule has 6 aromatic carbocycles. The number of hydrogen-bond acceptors (Lipinski definition) is 11. The third-order valence-corrected chi connectivity index (χ3v) is 11.5. The highest BCUT2D eigenvalue weighted by Crippen LogP contribution is 2.29. The predicted molar refractivity (Wildman–Crippen MR) is 253 cm³/mol. The van der Waals surface area contributed by atoms with Crippen LogP contribution in [0.25, 0.3) is 21.8 Å². The summed E-state index contributed by atoms with van der Waals surface area (Å²) in [5, 5.41) is 51.9. The fourth-order valence-corrected chi connectivity index (χ4v) is 7.99. The number of aromatic nitrogens is 4. The molecule has 23 heteroatoms. The molecular formula is C49H38F4N10O9. The number of carbonyl (C=O) groups is 4. The molecule has 0 spiro atoms. The molecule has 72 heavy (non-hydrogen) atoms. The Morgan fingerprint density at radius 1 is 0.583 bits per heavy atom. The van der Waals surface area contributed by atoms with Crippen LogP contribution in [0.4, 0.5) is 40.6 Å². The molecule has 3 heterocycles. The first-order chi connectivity index (χ1) is 34.4. The monoisotopic (exact) mass is 986 g/mol. The number of carboxylic acid groups (broad SMARTS) is 1. The van der Waals surface area contributed by atoms with Gasteiger partial charge in [-0.1, -0.05) is 12.1 Å². The summed E-state index contributed by atoms with van der Waals surface area (Å²) in [5.74, 6) is -5.86. The lowest BCUT2D eigenvalue weighted by Crippen LogP contribution is -2.47. The van der Waals surface area contributed by atoms with E-state index in [0.29, 0.717) is 70.2 Å². The van der Waals surface area contributed by atoms with Gasteiger partial charge in [0.05, 0.1) is 26.4 Å². The maximum atomic E-state index is 13.6. The number of piperazine rings is 1. The van der Waals surface area contributed by atoms with Gasteiger partial charge in [0.15, 0.2) is 11.6 Å². The highest BCUT2D eigenvalue weighted by molar-refractivity contribution is 6.11. The number of aromatic carboxylic acids is 1. The minimum absolute atomic E-state index is 0.0823. The van der Waals surface area contributed by atoms with Crippen molar-refractivity contribution in [2.45, 2.75) is 12.8 Å². The molecule has 0 aliphatic carbocycles. The zero-order valence-corrected chi connectivity index (χ0v) is 37.5. The molecule has 9 rings (SSSR count). The van der Waals surface area contributed by atoms with Crippen LogP contribution in [0.2, 0.25) is 0 Å². The number of rotatable bonds is 12. The summed E-state index contributed by atoms with van der Waals surface area (Å²) in [6, 6.07) is 23.4. The lowest BCUT2D eigenvalue weighted by Gasteiger charge is -2.32. The Hall–Kier alpha value is -9.38. The molecule has 1 saturated heterocycles. The lowest BCUT2D eigenvalue weighted by atomic mass is 10.0. The van der Waals surface area contributed by atoms with Crippen LogP contribution < -0.4 is 10.6 Å². The number of nitrogens with zero attached hydrogens (tertiary/aromatic N) is 6. The largest absolute Gasteiger partial charge is 0.478 e. The fraction of sp³-hybridized carbons (Fsp3) is 0.143. The number of aromatic amines is 2. The SMILES string of the molecule is CN1CCN(C(=O)c2ccc(C(=O)Nc3n[nH]c4ccc(Cc5cc(F)cc(F)c5)cc34)c([N+](=O)[O-])c2)CC1.O=C(O)c1ccc(C(=O)Nc2n[nH]c3ccc(Cc4cc(F)cc(F)c4)cc23)c([N+](=O)[O-])c1. The Balaban J connectivity index is 0.000000195. The van der Waals surface area contributed by atoms with E-state index in [-0.39, 0.29) is 52.6 Å². The van der Waals surface area contributed by atoms with E-state index in [4.69, 9.17) is 5.11 Å². The maximum Gasteiger partial charge on any atom is 0.335 e. The van der Waals surface area contributed by atoms with E-state index in [0.717, 1.165) is 36.4 Å². The Kier molecular flexibility index (Phi) is 14.1. The number of nitro groups is 2. The van der Waals surface area contributed by atoms with Crippen molar-refractivity contribution in [2.75, 3.05) is 43.9 Å². The maximum absolute atomic E-state index is 13.6. The number of benzene rings is 6. The molecule has 19 nitrogen and oxygen atoms in total. The van der Waals surface area contributed by atoms with E-state index in [1.165, 1.54) is 36.4 Å². The second-order valence-corrected chi connectivity index (χ2v) is 16.6. The van der Waals surface area contributed by atoms with Crippen LogP contribution in [-0.4, -0.2) is 102 Å². The number of anilines is 2. The average molecular weight is 987 g/mol. The highest BCUT2D eigenvalue weighted by atomic mass is 19.1. The molecule has 0 saturated carbocycles. The molecule has 8 aromatic rings. The first-order valence-corrected chi connectivity index (χ1v) is 21.6. The van der Waals surface area contributed by atoms with E-state index in [2.05, 4.69) is 35.9 Å². The molecule has 1 aliphatic heterocycles. The van der Waals surface area contributed by atoms with Crippen LogP contribution in [0, 0.1) is 43.5 Å². The van der Waals surface area contributed by atoms with Gasteiger partial charge in [0, 0.05) is 66.8 Å². The molecule has 1 fully saturated rings. The second kappa shape index (κ2) is 20.7. The quantitative estimate of drug-likeness (QED) is 0.0440. The van der Waals surface area contributed by atoms with Gasteiger partial charge in [0.25, 0.3) is 29.1 Å². The topological polar surface area (TPSA) is 263 Å². The number of amides is 3. The summed E-state index contributed by atoms with van der Waals surface area (Å²) in [5.41, 5.74) is 1.44. The van der Waals surface area contributed by atoms with Crippen molar-refractivity contribution in [1.29, 1.82) is 0 Å². The number of carboxylic acids is 1.